The van der Waals surface area contributed by atoms with E-state index < -0.39 is 10.1 Å². The van der Waals surface area contributed by atoms with E-state index in [9.17, 15) is 13.0 Å². The number of benzene rings is 3. The summed E-state index contributed by atoms with van der Waals surface area (Å²) in [6.45, 7) is 1.94. The van der Waals surface area contributed by atoms with Gasteiger partial charge in [-0.3, -0.25) is 4.55 Å². The lowest BCUT2D eigenvalue weighted by Gasteiger charge is -2.17. The van der Waals surface area contributed by atoms with Gasteiger partial charge in [-0.2, -0.15) is 8.42 Å². The lowest BCUT2D eigenvalue weighted by Crippen LogP contribution is -2.06. The molecule has 0 fully saturated rings. The Morgan fingerprint density at radius 2 is 1.38 bits per heavy atom. The van der Waals surface area contributed by atoms with Gasteiger partial charge in [0.25, 0.3) is 10.1 Å². The van der Waals surface area contributed by atoms with Gasteiger partial charge < -0.3 is 0 Å². The highest BCUT2D eigenvalue weighted by atomic mass is 127. The van der Waals surface area contributed by atoms with Crippen molar-refractivity contribution in [2.75, 3.05) is 0 Å². The van der Waals surface area contributed by atoms with Crippen LogP contribution < -0.4 is 0 Å². The first kappa shape index (κ1) is 17.1. The molecule has 0 unspecified atom stereocenters. The van der Waals surface area contributed by atoms with Crippen molar-refractivity contribution in [1.29, 1.82) is 0 Å². The number of aryl methyl sites for hydroxylation is 1. The monoisotopic (exact) mass is 450 g/mol. The second-order valence-corrected chi connectivity index (χ2v) is 7.90. The van der Waals surface area contributed by atoms with Crippen molar-refractivity contribution in [2.24, 2.45) is 0 Å². The predicted molar refractivity (Wildman–Crippen MR) is 105 cm³/mol. The molecule has 0 aliphatic carbocycles. The second-order valence-electron chi connectivity index (χ2n) is 5.47. The van der Waals surface area contributed by atoms with Crippen LogP contribution in [-0.4, -0.2) is 13.0 Å². The lowest BCUT2D eigenvalue weighted by molar-refractivity contribution is 0.484. The fourth-order valence-electron chi connectivity index (χ4n) is 2.74. The Kier molecular flexibility index (Phi) is 4.76. The molecule has 0 radical (unpaired) electrons. The van der Waals surface area contributed by atoms with Crippen LogP contribution in [0.15, 0.2) is 71.6 Å². The van der Waals surface area contributed by atoms with Crippen molar-refractivity contribution in [1.82, 2.24) is 0 Å². The van der Waals surface area contributed by atoms with Crippen LogP contribution in [0.25, 0.3) is 22.3 Å². The summed E-state index contributed by atoms with van der Waals surface area (Å²) in [5, 5.41) is 0. The van der Waals surface area contributed by atoms with E-state index in [1.54, 1.807) is 0 Å². The predicted octanol–water partition coefficient (Wildman–Crippen LogP) is 5.18. The minimum Gasteiger partial charge on any atom is -0.282 e. The molecule has 3 rings (SSSR count). The van der Waals surface area contributed by atoms with Crippen LogP contribution in [0.4, 0.5) is 0 Å². The van der Waals surface area contributed by atoms with Crippen LogP contribution in [0.2, 0.25) is 0 Å². The Balaban J connectivity index is 2.47. The van der Waals surface area contributed by atoms with E-state index in [4.69, 9.17) is 0 Å². The number of hydrogen-bond acceptors (Lipinski definition) is 2. The van der Waals surface area contributed by atoms with Gasteiger partial charge in [0.1, 0.15) is 4.90 Å². The largest absolute Gasteiger partial charge is 0.295 e. The molecule has 122 valence electrons. The Morgan fingerprint density at radius 3 is 1.88 bits per heavy atom. The summed E-state index contributed by atoms with van der Waals surface area (Å²) in [4.78, 5) is -0.0464. The summed E-state index contributed by atoms with van der Waals surface area (Å²) in [6, 6.07) is 20.3. The van der Waals surface area contributed by atoms with Gasteiger partial charge >= 0.3 is 0 Å². The molecule has 0 amide bonds. The molecule has 3 aromatic carbocycles. The zero-order chi connectivity index (χ0) is 17.3. The first-order valence-corrected chi connectivity index (χ1v) is 9.83. The quantitative estimate of drug-likeness (QED) is 0.442. The Bertz CT molecular complexity index is 982. The summed E-state index contributed by atoms with van der Waals surface area (Å²) in [5.74, 6) is 0. The topological polar surface area (TPSA) is 54.4 Å². The summed E-state index contributed by atoms with van der Waals surface area (Å²) < 4.78 is 35.2. The van der Waals surface area contributed by atoms with Crippen LogP contribution in [0.5, 0.6) is 0 Å². The van der Waals surface area contributed by atoms with Crippen LogP contribution in [0.1, 0.15) is 5.56 Å². The van der Waals surface area contributed by atoms with Gasteiger partial charge in [0.15, 0.2) is 0 Å². The molecule has 0 spiro atoms. The molecular formula is C19H15IO3S. The highest BCUT2D eigenvalue weighted by Gasteiger charge is 2.25. The standard InChI is InChI=1S/C19H15IO3S/c1-13-12-16(14-8-4-2-5-9-14)19(24(21,22)23)17(18(13)20)15-10-6-3-7-11-15/h2-12H,1H3,(H,21,22,23). The smallest absolute Gasteiger partial charge is 0.282 e. The van der Waals surface area contributed by atoms with Gasteiger partial charge in [-0.25, -0.2) is 0 Å². The van der Waals surface area contributed by atoms with Crippen LogP contribution >= 0.6 is 22.6 Å². The Hall–Kier alpha value is -1.70. The minimum atomic E-state index is -4.40. The summed E-state index contributed by atoms with van der Waals surface area (Å²) >= 11 is 2.13. The van der Waals surface area contributed by atoms with Crippen molar-refractivity contribution >= 4 is 32.7 Å². The van der Waals surface area contributed by atoms with Gasteiger partial charge in [0.2, 0.25) is 0 Å². The second kappa shape index (κ2) is 6.66. The summed E-state index contributed by atoms with van der Waals surface area (Å²) in [5.41, 5.74) is 3.52. The molecule has 0 saturated carbocycles. The number of halogens is 1. The third-order valence-corrected chi connectivity index (χ3v) is 6.13. The molecule has 0 aliphatic rings. The minimum absolute atomic E-state index is 0.0464. The zero-order valence-corrected chi connectivity index (χ0v) is 15.9. The third kappa shape index (κ3) is 3.24. The molecule has 0 heterocycles. The Morgan fingerprint density at radius 1 is 0.875 bits per heavy atom. The fraction of sp³-hybridized carbons (Fsp3) is 0.0526. The van der Waals surface area contributed by atoms with E-state index in [0.29, 0.717) is 11.1 Å². The van der Waals surface area contributed by atoms with Crippen molar-refractivity contribution in [3.63, 3.8) is 0 Å². The maximum Gasteiger partial charge on any atom is 0.295 e. The van der Waals surface area contributed by atoms with E-state index in [0.717, 1.165) is 20.3 Å². The van der Waals surface area contributed by atoms with Crippen LogP contribution in [-0.2, 0) is 10.1 Å². The van der Waals surface area contributed by atoms with Gasteiger partial charge in [-0.15, -0.1) is 0 Å². The van der Waals surface area contributed by atoms with Gasteiger partial charge in [0, 0.05) is 14.7 Å². The highest BCUT2D eigenvalue weighted by molar-refractivity contribution is 14.1. The van der Waals surface area contributed by atoms with E-state index in [1.807, 2.05) is 73.7 Å². The molecule has 0 aromatic heterocycles. The third-order valence-electron chi connectivity index (χ3n) is 3.80. The van der Waals surface area contributed by atoms with Crippen molar-refractivity contribution in [3.8, 4) is 22.3 Å². The molecule has 0 bridgehead atoms. The highest BCUT2D eigenvalue weighted by Crippen LogP contribution is 2.40. The average molecular weight is 450 g/mol. The summed E-state index contributed by atoms with van der Waals surface area (Å²) in [6.07, 6.45) is 0. The molecule has 24 heavy (non-hydrogen) atoms. The average Bonchev–Trinajstić information content (AvgIpc) is 2.57. The molecule has 0 saturated heterocycles. The van der Waals surface area contributed by atoms with Crippen LogP contribution in [0, 0.1) is 10.5 Å². The van der Waals surface area contributed by atoms with Gasteiger partial charge in [-0.1, -0.05) is 60.7 Å². The van der Waals surface area contributed by atoms with E-state index in [1.165, 1.54) is 0 Å². The molecule has 3 nitrogen and oxygen atoms in total. The first-order valence-electron chi connectivity index (χ1n) is 7.31. The normalized spacial score (nSPS) is 11.5. The van der Waals surface area contributed by atoms with E-state index in [2.05, 4.69) is 22.6 Å². The van der Waals surface area contributed by atoms with Gasteiger partial charge in [-0.05, 0) is 52.3 Å². The summed E-state index contributed by atoms with van der Waals surface area (Å²) in [7, 11) is -4.40. The Labute approximate surface area is 155 Å². The SMILES string of the molecule is Cc1cc(-c2ccccc2)c(S(=O)(=O)O)c(-c2ccccc2)c1I. The lowest BCUT2D eigenvalue weighted by atomic mass is 9.96. The first-order chi connectivity index (χ1) is 11.4. The maximum atomic E-state index is 12.2. The van der Waals surface area contributed by atoms with E-state index in [-0.39, 0.29) is 4.90 Å². The van der Waals surface area contributed by atoms with Crippen molar-refractivity contribution in [2.45, 2.75) is 11.8 Å². The van der Waals surface area contributed by atoms with E-state index >= 15 is 0 Å². The van der Waals surface area contributed by atoms with Crippen molar-refractivity contribution < 1.29 is 13.0 Å². The molecule has 3 aromatic rings. The molecular weight excluding hydrogens is 435 g/mol. The zero-order valence-electron chi connectivity index (χ0n) is 12.9. The fourth-order valence-corrected chi connectivity index (χ4v) is 4.59. The van der Waals surface area contributed by atoms with Gasteiger partial charge in [0.05, 0.1) is 0 Å². The van der Waals surface area contributed by atoms with Crippen molar-refractivity contribution in [3.05, 3.63) is 75.9 Å². The molecule has 5 heteroatoms. The molecule has 0 aliphatic heterocycles. The molecule has 1 N–H and O–H groups in total. The number of hydrogen-bond donors (Lipinski definition) is 1. The van der Waals surface area contributed by atoms with Crippen LogP contribution in [0.3, 0.4) is 0 Å². The maximum absolute atomic E-state index is 12.2. The molecule has 0 atom stereocenters. The number of rotatable bonds is 3.